The van der Waals surface area contributed by atoms with Crippen molar-refractivity contribution in [1.29, 1.82) is 0 Å². The van der Waals surface area contributed by atoms with E-state index in [0.717, 1.165) is 25.3 Å². The molecule has 1 unspecified atom stereocenters. The molecule has 4 heteroatoms. The molecule has 94 valence electrons. The zero-order valence-corrected chi connectivity index (χ0v) is 11.1. The third-order valence-electron chi connectivity index (χ3n) is 4.03. The SMILES string of the molecule is NC1CCn2c(cnc2CC2CCSCC2)C1. The zero-order valence-electron chi connectivity index (χ0n) is 10.3. The van der Waals surface area contributed by atoms with Crippen LogP contribution in [0.5, 0.6) is 0 Å². The Hall–Kier alpha value is -0.480. The zero-order chi connectivity index (χ0) is 11.7. The molecule has 1 saturated heterocycles. The summed E-state index contributed by atoms with van der Waals surface area (Å²) in [6.45, 7) is 1.08. The van der Waals surface area contributed by atoms with Gasteiger partial charge in [-0.3, -0.25) is 0 Å². The standard InChI is InChI=1S/C13H21N3S/c14-11-1-4-16-12(8-11)9-15-13(16)7-10-2-5-17-6-3-10/h9-11H,1-8,14H2. The highest BCUT2D eigenvalue weighted by atomic mass is 32.2. The van der Waals surface area contributed by atoms with Crippen molar-refractivity contribution in [3.05, 3.63) is 17.7 Å². The van der Waals surface area contributed by atoms with Crippen molar-refractivity contribution >= 4 is 11.8 Å². The van der Waals surface area contributed by atoms with Crippen LogP contribution in [0.4, 0.5) is 0 Å². The number of thioether (sulfide) groups is 1. The van der Waals surface area contributed by atoms with Crippen LogP contribution >= 0.6 is 11.8 Å². The fraction of sp³-hybridized carbons (Fsp3) is 0.769. The van der Waals surface area contributed by atoms with Gasteiger partial charge in [-0.2, -0.15) is 11.8 Å². The van der Waals surface area contributed by atoms with Crippen LogP contribution in [0.1, 0.15) is 30.8 Å². The third kappa shape index (κ3) is 2.52. The van der Waals surface area contributed by atoms with Crippen molar-refractivity contribution in [3.63, 3.8) is 0 Å². The Bertz CT molecular complexity index is 382. The second kappa shape index (κ2) is 5.02. The molecule has 0 aliphatic carbocycles. The Labute approximate surface area is 107 Å². The summed E-state index contributed by atoms with van der Waals surface area (Å²) in [5.74, 6) is 4.84. The molecular formula is C13H21N3S. The van der Waals surface area contributed by atoms with Gasteiger partial charge in [0, 0.05) is 37.3 Å². The summed E-state index contributed by atoms with van der Waals surface area (Å²) in [6, 6.07) is 0.345. The van der Waals surface area contributed by atoms with Crippen molar-refractivity contribution in [2.75, 3.05) is 11.5 Å². The van der Waals surface area contributed by atoms with Crippen LogP contribution in [0.15, 0.2) is 6.20 Å². The molecule has 1 atom stereocenters. The molecule has 0 aromatic carbocycles. The first-order valence-corrected chi connectivity index (χ1v) is 7.85. The van der Waals surface area contributed by atoms with E-state index in [2.05, 4.69) is 21.3 Å². The van der Waals surface area contributed by atoms with Gasteiger partial charge < -0.3 is 10.3 Å². The van der Waals surface area contributed by atoms with E-state index < -0.39 is 0 Å². The van der Waals surface area contributed by atoms with Gasteiger partial charge in [0.15, 0.2) is 0 Å². The molecule has 1 aromatic heterocycles. The van der Waals surface area contributed by atoms with E-state index in [1.807, 2.05) is 6.20 Å². The average molecular weight is 251 g/mol. The van der Waals surface area contributed by atoms with Crippen LogP contribution < -0.4 is 5.73 Å². The van der Waals surface area contributed by atoms with E-state index in [1.165, 1.54) is 42.3 Å². The Morgan fingerprint density at radius 1 is 1.35 bits per heavy atom. The molecule has 2 N–H and O–H groups in total. The summed E-state index contributed by atoms with van der Waals surface area (Å²) in [7, 11) is 0. The lowest BCUT2D eigenvalue weighted by molar-refractivity contribution is 0.427. The van der Waals surface area contributed by atoms with Gasteiger partial charge in [-0.25, -0.2) is 4.98 Å². The maximum atomic E-state index is 6.00. The largest absolute Gasteiger partial charge is 0.332 e. The van der Waals surface area contributed by atoms with Gasteiger partial charge in [-0.1, -0.05) is 0 Å². The average Bonchev–Trinajstić information content (AvgIpc) is 2.73. The molecule has 1 aromatic rings. The van der Waals surface area contributed by atoms with Crippen LogP contribution in [-0.2, 0) is 19.4 Å². The van der Waals surface area contributed by atoms with Crippen molar-refractivity contribution in [3.8, 4) is 0 Å². The maximum Gasteiger partial charge on any atom is 0.109 e. The number of nitrogens with zero attached hydrogens (tertiary/aromatic N) is 2. The molecule has 1 fully saturated rings. The molecule has 0 bridgehead atoms. The predicted octanol–water partition coefficient (Wildman–Crippen LogP) is 1.84. The van der Waals surface area contributed by atoms with E-state index in [9.17, 15) is 0 Å². The van der Waals surface area contributed by atoms with E-state index in [4.69, 9.17) is 5.73 Å². The van der Waals surface area contributed by atoms with Crippen LogP contribution in [0.3, 0.4) is 0 Å². The van der Waals surface area contributed by atoms with E-state index in [-0.39, 0.29) is 0 Å². The first-order chi connectivity index (χ1) is 8.33. The number of aromatic nitrogens is 2. The number of fused-ring (bicyclic) bond motifs is 1. The Balaban J connectivity index is 1.71. The Morgan fingerprint density at radius 3 is 3.00 bits per heavy atom. The molecule has 0 radical (unpaired) electrons. The fourth-order valence-electron chi connectivity index (χ4n) is 2.93. The van der Waals surface area contributed by atoms with Gasteiger partial charge in [0.05, 0.1) is 0 Å². The molecule has 2 aliphatic heterocycles. The van der Waals surface area contributed by atoms with E-state index in [0.29, 0.717) is 6.04 Å². The number of hydrogen-bond acceptors (Lipinski definition) is 3. The van der Waals surface area contributed by atoms with Crippen LogP contribution in [0.2, 0.25) is 0 Å². The van der Waals surface area contributed by atoms with Crippen molar-refractivity contribution in [1.82, 2.24) is 9.55 Å². The second-order valence-corrected chi connectivity index (χ2v) is 6.55. The number of nitrogens with two attached hydrogens (primary N) is 1. The summed E-state index contributed by atoms with van der Waals surface area (Å²) in [5, 5.41) is 0. The molecule has 0 saturated carbocycles. The minimum absolute atomic E-state index is 0.345. The summed E-state index contributed by atoms with van der Waals surface area (Å²) in [4.78, 5) is 4.63. The van der Waals surface area contributed by atoms with Gasteiger partial charge in [-0.05, 0) is 36.7 Å². The highest BCUT2D eigenvalue weighted by molar-refractivity contribution is 7.99. The summed E-state index contributed by atoms with van der Waals surface area (Å²) in [6.07, 6.45) is 8.07. The second-order valence-electron chi connectivity index (χ2n) is 5.33. The van der Waals surface area contributed by atoms with Crippen LogP contribution in [0, 0.1) is 5.92 Å². The number of rotatable bonds is 2. The highest BCUT2D eigenvalue weighted by Gasteiger charge is 2.21. The fourth-order valence-corrected chi connectivity index (χ4v) is 4.13. The van der Waals surface area contributed by atoms with Crippen molar-refractivity contribution < 1.29 is 0 Å². The van der Waals surface area contributed by atoms with Crippen LogP contribution in [0.25, 0.3) is 0 Å². The topological polar surface area (TPSA) is 43.8 Å². The predicted molar refractivity (Wildman–Crippen MR) is 72.3 cm³/mol. The van der Waals surface area contributed by atoms with Crippen molar-refractivity contribution in [2.45, 2.75) is 44.7 Å². The minimum Gasteiger partial charge on any atom is -0.332 e. The molecule has 17 heavy (non-hydrogen) atoms. The summed E-state index contributed by atoms with van der Waals surface area (Å²) < 4.78 is 2.42. The van der Waals surface area contributed by atoms with Gasteiger partial charge in [0.1, 0.15) is 5.82 Å². The smallest absolute Gasteiger partial charge is 0.109 e. The maximum absolute atomic E-state index is 6.00. The van der Waals surface area contributed by atoms with E-state index >= 15 is 0 Å². The minimum atomic E-state index is 0.345. The quantitative estimate of drug-likeness (QED) is 0.872. The van der Waals surface area contributed by atoms with Crippen LogP contribution in [-0.4, -0.2) is 27.1 Å². The lowest BCUT2D eigenvalue weighted by atomic mass is 9.98. The number of hydrogen-bond donors (Lipinski definition) is 1. The molecule has 0 amide bonds. The number of imidazole rings is 1. The molecule has 3 rings (SSSR count). The van der Waals surface area contributed by atoms with E-state index in [1.54, 1.807) is 0 Å². The molecular weight excluding hydrogens is 230 g/mol. The lowest BCUT2D eigenvalue weighted by Crippen LogP contribution is -2.31. The first kappa shape index (κ1) is 11.6. The highest BCUT2D eigenvalue weighted by Crippen LogP contribution is 2.26. The molecule has 2 aliphatic rings. The monoisotopic (exact) mass is 251 g/mol. The first-order valence-electron chi connectivity index (χ1n) is 6.69. The van der Waals surface area contributed by atoms with Gasteiger partial charge >= 0.3 is 0 Å². The van der Waals surface area contributed by atoms with Crippen molar-refractivity contribution in [2.24, 2.45) is 11.7 Å². The summed E-state index contributed by atoms with van der Waals surface area (Å²) >= 11 is 2.10. The normalized spacial score (nSPS) is 25.8. The Morgan fingerprint density at radius 2 is 2.18 bits per heavy atom. The molecule has 3 heterocycles. The van der Waals surface area contributed by atoms with Gasteiger partial charge in [0.2, 0.25) is 0 Å². The Kier molecular flexibility index (Phi) is 3.43. The van der Waals surface area contributed by atoms with Gasteiger partial charge in [0.25, 0.3) is 0 Å². The summed E-state index contributed by atoms with van der Waals surface area (Å²) in [5.41, 5.74) is 7.35. The third-order valence-corrected chi connectivity index (χ3v) is 5.08. The van der Waals surface area contributed by atoms with Gasteiger partial charge in [-0.15, -0.1) is 0 Å². The molecule has 0 spiro atoms. The molecule has 3 nitrogen and oxygen atoms in total. The lowest BCUT2D eigenvalue weighted by Gasteiger charge is -2.24.